The van der Waals surface area contributed by atoms with E-state index in [0.717, 1.165) is 32.5 Å². The molecule has 1 unspecified atom stereocenters. The molecule has 0 heterocycles. The standard InChI is InChI=1S/C6H14O3.C6H12O3.C5H10O2.C4H8O.CH2O2.CH4O.K/c2*1-2-6(3-7,4-8)5-9;1-2-5(3-6)4-7;1-2-3-4-5;2-1-3;1-2;/h7-9H,2-5H2,1H3;3,8-9H,2,4-5H2,1H3;3,5,7H,2,4H2,1H3;4H,2-3H2,1H3;1H,(H,2,3);2H,1H3;/q;;;;;;+1/p-1. The summed E-state index contributed by atoms with van der Waals surface area (Å²) in [7, 11) is 1.00. The third kappa shape index (κ3) is 36.0. The van der Waals surface area contributed by atoms with Crippen LogP contribution in [-0.2, 0) is 19.2 Å². The number of hydrogen-bond donors (Lipinski definition) is 7. The summed E-state index contributed by atoms with van der Waals surface area (Å²) < 4.78 is 0. The molecule has 13 heteroatoms. The van der Waals surface area contributed by atoms with Gasteiger partial charge in [-0.05, 0) is 25.7 Å². The van der Waals surface area contributed by atoms with Gasteiger partial charge in [0.05, 0.1) is 45.1 Å². The molecule has 0 aliphatic carbocycles. The Labute approximate surface area is 258 Å². The van der Waals surface area contributed by atoms with E-state index in [-0.39, 0.29) is 96.9 Å². The van der Waals surface area contributed by atoms with Gasteiger partial charge in [0.2, 0.25) is 0 Å². The average molecular weight is 557 g/mol. The molecular weight excluding hydrogens is 507 g/mol. The van der Waals surface area contributed by atoms with Crippen molar-refractivity contribution in [3.63, 3.8) is 0 Å². The Morgan fingerprint density at radius 1 is 0.750 bits per heavy atom. The first kappa shape index (κ1) is 52.3. The molecule has 0 saturated carbocycles. The van der Waals surface area contributed by atoms with Gasteiger partial charge in [0.1, 0.15) is 18.9 Å². The third-order valence-electron chi connectivity index (χ3n) is 4.70. The van der Waals surface area contributed by atoms with Gasteiger partial charge in [-0.3, -0.25) is 0 Å². The molecule has 0 aliphatic heterocycles. The predicted molar refractivity (Wildman–Crippen MR) is 129 cm³/mol. The normalized spacial score (nSPS) is 10.0. The molecule has 12 nitrogen and oxygen atoms in total. The van der Waals surface area contributed by atoms with Gasteiger partial charge in [0, 0.05) is 31.3 Å². The minimum absolute atomic E-state index is 0. The Bertz CT molecular complexity index is 388. The number of unbranched alkanes of at least 4 members (excludes halogenated alkanes) is 1. The number of carbonyl (C=O) groups excluding carboxylic acids is 4. The predicted octanol–water partition coefficient (Wildman–Crippen LogP) is -4.91. The van der Waals surface area contributed by atoms with Crippen LogP contribution in [0.3, 0.4) is 0 Å². The second-order valence-electron chi connectivity index (χ2n) is 7.02. The first-order chi connectivity index (χ1) is 16.7. The van der Waals surface area contributed by atoms with E-state index < -0.39 is 17.3 Å². The van der Waals surface area contributed by atoms with Gasteiger partial charge in [0.25, 0.3) is 0 Å². The fourth-order valence-corrected chi connectivity index (χ4v) is 1.30. The molecule has 0 fully saturated rings. The zero-order chi connectivity index (χ0) is 29.2. The molecule has 0 rings (SSSR count). The summed E-state index contributed by atoms with van der Waals surface area (Å²) in [5.74, 6) is -0.139. The van der Waals surface area contributed by atoms with E-state index in [1.165, 1.54) is 0 Å². The second kappa shape index (κ2) is 44.8. The topological polar surface area (TPSA) is 233 Å². The summed E-state index contributed by atoms with van der Waals surface area (Å²) in [6, 6.07) is 0. The van der Waals surface area contributed by atoms with Crippen LogP contribution >= 0.6 is 0 Å². The first-order valence-corrected chi connectivity index (χ1v) is 11.2. The van der Waals surface area contributed by atoms with Crippen LogP contribution in [-0.4, -0.2) is 108 Å². The minimum atomic E-state index is -0.903. The molecule has 0 aliphatic rings. The van der Waals surface area contributed by atoms with Crippen molar-refractivity contribution in [2.45, 2.75) is 59.8 Å². The molecule has 0 spiro atoms. The zero-order valence-corrected chi connectivity index (χ0v) is 26.0. The van der Waals surface area contributed by atoms with Crippen molar-refractivity contribution >= 4 is 25.3 Å². The summed E-state index contributed by atoms with van der Waals surface area (Å²) in [6.45, 7) is 5.89. The minimum Gasteiger partial charge on any atom is -0.554 e. The van der Waals surface area contributed by atoms with Crippen molar-refractivity contribution in [1.82, 2.24) is 0 Å². The number of aldehydes is 3. The molecule has 1 atom stereocenters. The molecule has 0 aromatic carbocycles. The van der Waals surface area contributed by atoms with Crippen LogP contribution in [0.4, 0.5) is 0 Å². The zero-order valence-electron chi connectivity index (χ0n) is 22.8. The number of hydrogen-bond acceptors (Lipinski definition) is 12. The molecule has 0 aromatic heterocycles. The quantitative estimate of drug-likeness (QED) is 0.0835. The smallest absolute Gasteiger partial charge is 0.554 e. The van der Waals surface area contributed by atoms with Crippen LogP contribution < -0.4 is 56.5 Å². The molecule has 0 amide bonds. The van der Waals surface area contributed by atoms with Crippen molar-refractivity contribution in [2.75, 3.05) is 46.8 Å². The Hall–Kier alpha value is -0.164. The monoisotopic (exact) mass is 556 g/mol. The van der Waals surface area contributed by atoms with Crippen LogP contribution in [0, 0.1) is 16.7 Å². The van der Waals surface area contributed by atoms with Crippen molar-refractivity contribution in [1.29, 1.82) is 0 Å². The Morgan fingerprint density at radius 2 is 1.14 bits per heavy atom. The van der Waals surface area contributed by atoms with Gasteiger partial charge in [-0.2, -0.15) is 0 Å². The SMILES string of the molecule is CCC(C=O)(CO)CO.CCC(C=O)CO.CCC(CO)(CO)CO.CCCC=O.CO.O=C[O-].[K+]. The number of rotatable bonds is 13. The van der Waals surface area contributed by atoms with E-state index in [1.807, 2.05) is 20.8 Å². The third-order valence-corrected chi connectivity index (χ3v) is 4.70. The Kier molecular flexibility index (Phi) is 65.1. The molecule has 0 aromatic rings. The van der Waals surface area contributed by atoms with Gasteiger partial charge in [-0.1, -0.05) is 27.7 Å². The van der Waals surface area contributed by atoms with Crippen LogP contribution in [0.1, 0.15) is 59.8 Å². The molecular formula is C23H49KO12. The van der Waals surface area contributed by atoms with Gasteiger partial charge in [-0.25, -0.2) is 0 Å². The van der Waals surface area contributed by atoms with Crippen molar-refractivity contribution < 1.29 is 111 Å². The van der Waals surface area contributed by atoms with Crippen LogP contribution in [0.15, 0.2) is 0 Å². The fourth-order valence-electron chi connectivity index (χ4n) is 1.30. The summed E-state index contributed by atoms with van der Waals surface area (Å²) in [4.78, 5) is 37.7. The van der Waals surface area contributed by atoms with E-state index in [9.17, 15) is 14.4 Å². The van der Waals surface area contributed by atoms with Crippen molar-refractivity contribution in [3.8, 4) is 0 Å². The van der Waals surface area contributed by atoms with Crippen molar-refractivity contribution in [2.24, 2.45) is 16.7 Å². The van der Waals surface area contributed by atoms with Gasteiger partial charge < -0.3 is 60.0 Å². The van der Waals surface area contributed by atoms with Crippen LogP contribution in [0.2, 0.25) is 0 Å². The average Bonchev–Trinajstić information content (AvgIpc) is 2.92. The number of carbonyl (C=O) groups is 4. The first-order valence-electron chi connectivity index (χ1n) is 11.2. The summed E-state index contributed by atoms with van der Waals surface area (Å²) >= 11 is 0. The molecule has 0 saturated heterocycles. The van der Waals surface area contributed by atoms with E-state index in [2.05, 4.69) is 0 Å². The summed E-state index contributed by atoms with van der Waals surface area (Å²) in [5, 5.41) is 66.7. The van der Waals surface area contributed by atoms with Gasteiger partial charge in [-0.15, -0.1) is 0 Å². The maximum atomic E-state index is 10.2. The van der Waals surface area contributed by atoms with E-state index in [4.69, 9.17) is 45.6 Å². The van der Waals surface area contributed by atoms with E-state index >= 15 is 0 Å². The maximum Gasteiger partial charge on any atom is 1.00 e. The fraction of sp³-hybridized carbons (Fsp3) is 0.826. The van der Waals surface area contributed by atoms with Crippen molar-refractivity contribution in [3.05, 3.63) is 0 Å². The maximum absolute atomic E-state index is 10.2. The van der Waals surface area contributed by atoms with Gasteiger partial charge >= 0.3 is 51.4 Å². The van der Waals surface area contributed by atoms with Crippen LogP contribution in [0.5, 0.6) is 0 Å². The molecule has 0 radical (unpaired) electrons. The molecule has 214 valence electrons. The largest absolute Gasteiger partial charge is 1.00 e. The van der Waals surface area contributed by atoms with Gasteiger partial charge in [0.15, 0.2) is 0 Å². The van der Waals surface area contributed by atoms with E-state index in [1.54, 1.807) is 6.92 Å². The Balaban J connectivity index is -0.0000000591. The van der Waals surface area contributed by atoms with E-state index in [0.29, 0.717) is 25.5 Å². The van der Waals surface area contributed by atoms with Crippen LogP contribution in [0.25, 0.3) is 0 Å². The summed E-state index contributed by atoms with van der Waals surface area (Å²) in [5.41, 5.74) is -1.57. The molecule has 7 N–H and O–H groups in total. The Morgan fingerprint density at radius 3 is 1.14 bits per heavy atom. The molecule has 36 heavy (non-hydrogen) atoms. The molecule has 0 bridgehead atoms. The second-order valence-corrected chi connectivity index (χ2v) is 7.02. The summed E-state index contributed by atoms with van der Waals surface area (Å²) in [6.07, 6.45) is 5.80. The number of aliphatic hydroxyl groups excluding tert-OH is 7. The number of carboxylic acid groups (broad SMARTS) is 1. The number of aliphatic hydroxyl groups is 7.